The molecule has 0 spiro atoms. The van der Waals surface area contributed by atoms with E-state index in [1.807, 2.05) is 0 Å². The molecule has 1 heterocycles. The van der Waals surface area contributed by atoms with Gasteiger partial charge in [0.1, 0.15) is 6.07 Å². The van der Waals surface area contributed by atoms with E-state index >= 15 is 0 Å². The number of nitrogens with zero attached hydrogens (tertiary/aromatic N) is 2. The monoisotopic (exact) mass is 178 g/mol. The smallest absolute Gasteiger partial charge is 0.338 e. The van der Waals surface area contributed by atoms with Gasteiger partial charge in [-0.25, -0.2) is 9.78 Å². The molecule has 13 heavy (non-hydrogen) atoms. The van der Waals surface area contributed by atoms with Crippen LogP contribution in [-0.4, -0.2) is 23.2 Å². The summed E-state index contributed by atoms with van der Waals surface area (Å²) in [6.07, 6.45) is 1.10. The van der Waals surface area contributed by atoms with Crippen LogP contribution in [0, 0.1) is 11.3 Å². The normalized spacial score (nSPS) is 8.92. The highest BCUT2D eigenvalue weighted by molar-refractivity contribution is 5.90. The number of hydrogen-bond acceptors (Lipinski definition) is 4. The number of aromatic nitrogens is 1. The summed E-state index contributed by atoms with van der Waals surface area (Å²) in [7, 11) is 1.39. The largest absolute Gasteiger partial charge is 0.481 e. The maximum absolute atomic E-state index is 10.5. The molecule has 1 N–H and O–H groups in total. The number of pyridine rings is 1. The molecule has 0 saturated heterocycles. The van der Waals surface area contributed by atoms with Gasteiger partial charge in [0.15, 0.2) is 0 Å². The third-order valence-corrected chi connectivity index (χ3v) is 1.44. The molecule has 1 rings (SSSR count). The number of hydrogen-bond donors (Lipinski definition) is 1. The lowest BCUT2D eigenvalue weighted by Gasteiger charge is -2.00. The Morgan fingerprint density at radius 1 is 1.77 bits per heavy atom. The zero-order valence-corrected chi connectivity index (χ0v) is 6.81. The van der Waals surface area contributed by atoms with Crippen molar-refractivity contribution < 1.29 is 14.6 Å². The van der Waals surface area contributed by atoms with E-state index in [0.29, 0.717) is 0 Å². The Labute approximate surface area is 74.2 Å². The van der Waals surface area contributed by atoms with Crippen molar-refractivity contribution in [1.82, 2.24) is 4.98 Å². The molecule has 0 radical (unpaired) electrons. The average molecular weight is 178 g/mol. The molecular formula is C8H6N2O3. The van der Waals surface area contributed by atoms with Gasteiger partial charge < -0.3 is 9.84 Å². The Kier molecular flexibility index (Phi) is 2.45. The van der Waals surface area contributed by atoms with E-state index in [4.69, 9.17) is 15.1 Å². The predicted molar refractivity (Wildman–Crippen MR) is 42.5 cm³/mol. The summed E-state index contributed by atoms with van der Waals surface area (Å²) in [6, 6.07) is 3.03. The van der Waals surface area contributed by atoms with Crippen molar-refractivity contribution in [2.45, 2.75) is 0 Å². The second-order valence-corrected chi connectivity index (χ2v) is 2.19. The van der Waals surface area contributed by atoms with E-state index in [1.165, 1.54) is 13.2 Å². The van der Waals surface area contributed by atoms with Crippen LogP contribution in [0.2, 0.25) is 0 Å². The van der Waals surface area contributed by atoms with Crippen molar-refractivity contribution >= 4 is 5.97 Å². The first kappa shape index (κ1) is 9.00. The van der Waals surface area contributed by atoms with Crippen molar-refractivity contribution in [3.8, 4) is 11.9 Å². The van der Waals surface area contributed by atoms with Crippen molar-refractivity contribution in [2.24, 2.45) is 0 Å². The lowest BCUT2D eigenvalue weighted by Crippen LogP contribution is -2.02. The van der Waals surface area contributed by atoms with Gasteiger partial charge in [0.05, 0.1) is 18.2 Å². The molecule has 5 nitrogen and oxygen atoms in total. The standard InChI is InChI=1S/C8H6N2O3/c1-13-7-2-5(3-9)6(4-10-7)8(11)12/h2,4H,1H3,(H,11,12). The number of carboxylic acid groups (broad SMARTS) is 1. The third-order valence-electron chi connectivity index (χ3n) is 1.44. The van der Waals surface area contributed by atoms with E-state index in [-0.39, 0.29) is 17.0 Å². The molecule has 0 aliphatic rings. The Morgan fingerprint density at radius 3 is 2.92 bits per heavy atom. The minimum absolute atomic E-state index is 0.0411. The fourth-order valence-corrected chi connectivity index (χ4v) is 0.811. The first-order chi connectivity index (χ1) is 6.19. The fourth-order valence-electron chi connectivity index (χ4n) is 0.811. The molecule has 0 atom stereocenters. The van der Waals surface area contributed by atoms with Crippen molar-refractivity contribution in [3.63, 3.8) is 0 Å². The quantitative estimate of drug-likeness (QED) is 0.719. The number of carboxylic acids is 1. The first-order valence-corrected chi connectivity index (χ1v) is 3.36. The molecule has 0 saturated carbocycles. The molecule has 1 aromatic heterocycles. The minimum atomic E-state index is -1.17. The van der Waals surface area contributed by atoms with Crippen molar-refractivity contribution in [2.75, 3.05) is 7.11 Å². The Morgan fingerprint density at radius 2 is 2.46 bits per heavy atom. The lowest BCUT2D eigenvalue weighted by molar-refractivity contribution is 0.0696. The molecule has 0 unspecified atom stereocenters. The molecule has 5 heteroatoms. The summed E-state index contributed by atoms with van der Waals surface area (Å²) in [5.74, 6) is -0.951. The van der Waals surface area contributed by atoms with Crippen LogP contribution < -0.4 is 4.74 Å². The van der Waals surface area contributed by atoms with Gasteiger partial charge in [-0.05, 0) is 0 Å². The van der Waals surface area contributed by atoms with Crippen LogP contribution in [0.5, 0.6) is 5.88 Å². The molecular weight excluding hydrogens is 172 g/mol. The van der Waals surface area contributed by atoms with Crippen LogP contribution in [0.15, 0.2) is 12.3 Å². The molecule has 0 fully saturated rings. The van der Waals surface area contributed by atoms with Gasteiger partial charge in [-0.1, -0.05) is 0 Å². The van der Waals surface area contributed by atoms with Crippen LogP contribution >= 0.6 is 0 Å². The second-order valence-electron chi connectivity index (χ2n) is 2.19. The number of nitriles is 1. The summed E-state index contributed by atoms with van der Waals surface area (Å²) in [4.78, 5) is 14.2. The number of aromatic carboxylic acids is 1. The third kappa shape index (κ3) is 1.73. The number of carbonyl (C=O) groups is 1. The van der Waals surface area contributed by atoms with E-state index in [1.54, 1.807) is 6.07 Å². The second kappa shape index (κ2) is 3.54. The van der Waals surface area contributed by atoms with Crippen LogP contribution in [-0.2, 0) is 0 Å². The first-order valence-electron chi connectivity index (χ1n) is 3.36. The van der Waals surface area contributed by atoms with Gasteiger partial charge in [0.2, 0.25) is 5.88 Å². The maximum Gasteiger partial charge on any atom is 0.338 e. The molecule has 0 amide bonds. The zero-order chi connectivity index (χ0) is 9.84. The summed E-state index contributed by atoms with van der Waals surface area (Å²) in [5, 5.41) is 17.2. The topological polar surface area (TPSA) is 83.2 Å². The zero-order valence-electron chi connectivity index (χ0n) is 6.81. The molecule has 0 bridgehead atoms. The number of rotatable bonds is 2. The van der Waals surface area contributed by atoms with E-state index in [0.717, 1.165) is 6.20 Å². The molecule has 66 valence electrons. The van der Waals surface area contributed by atoms with Gasteiger partial charge in [-0.3, -0.25) is 0 Å². The van der Waals surface area contributed by atoms with Gasteiger partial charge in [-0.2, -0.15) is 5.26 Å². The number of ether oxygens (including phenoxy) is 1. The van der Waals surface area contributed by atoms with Gasteiger partial charge in [0, 0.05) is 12.3 Å². The summed E-state index contributed by atoms with van der Waals surface area (Å²) in [5.41, 5.74) is -0.0809. The Bertz CT molecular complexity index is 381. The van der Waals surface area contributed by atoms with E-state index < -0.39 is 5.97 Å². The summed E-state index contributed by atoms with van der Waals surface area (Å²) >= 11 is 0. The summed E-state index contributed by atoms with van der Waals surface area (Å²) in [6.45, 7) is 0. The molecule has 0 aliphatic heterocycles. The van der Waals surface area contributed by atoms with Gasteiger partial charge in [-0.15, -0.1) is 0 Å². The van der Waals surface area contributed by atoms with Gasteiger partial charge in [0.25, 0.3) is 0 Å². The van der Waals surface area contributed by atoms with Crippen molar-refractivity contribution in [1.29, 1.82) is 5.26 Å². The van der Waals surface area contributed by atoms with E-state index in [9.17, 15) is 4.79 Å². The minimum Gasteiger partial charge on any atom is -0.481 e. The highest BCUT2D eigenvalue weighted by Crippen LogP contribution is 2.12. The lowest BCUT2D eigenvalue weighted by atomic mass is 10.1. The van der Waals surface area contributed by atoms with Crippen LogP contribution in [0.4, 0.5) is 0 Å². The van der Waals surface area contributed by atoms with Crippen molar-refractivity contribution in [3.05, 3.63) is 23.4 Å². The fraction of sp³-hybridized carbons (Fsp3) is 0.125. The summed E-state index contributed by atoms with van der Waals surface area (Å²) < 4.78 is 4.74. The SMILES string of the molecule is COc1cc(C#N)c(C(=O)O)cn1. The Hall–Kier alpha value is -2.09. The molecule has 0 aromatic carbocycles. The highest BCUT2D eigenvalue weighted by Gasteiger charge is 2.11. The van der Waals surface area contributed by atoms with Gasteiger partial charge >= 0.3 is 5.97 Å². The Balaban J connectivity index is 3.26. The van der Waals surface area contributed by atoms with Crippen LogP contribution in [0.25, 0.3) is 0 Å². The number of methoxy groups -OCH3 is 1. The highest BCUT2D eigenvalue weighted by atomic mass is 16.5. The maximum atomic E-state index is 10.5. The average Bonchev–Trinajstić information content (AvgIpc) is 2.16. The molecule has 0 aliphatic carbocycles. The predicted octanol–water partition coefficient (Wildman–Crippen LogP) is 0.660. The van der Waals surface area contributed by atoms with Crippen LogP contribution in [0.3, 0.4) is 0 Å². The van der Waals surface area contributed by atoms with E-state index in [2.05, 4.69) is 4.98 Å². The molecule has 1 aromatic rings. The van der Waals surface area contributed by atoms with Crippen LogP contribution in [0.1, 0.15) is 15.9 Å².